The third kappa shape index (κ3) is 6.83. The van der Waals surface area contributed by atoms with Crippen LogP contribution in [0, 0.1) is 11.2 Å². The fourth-order valence-corrected chi connectivity index (χ4v) is 5.04. The molecule has 0 saturated carbocycles. The normalized spacial score (nSPS) is 14.7. The lowest BCUT2D eigenvalue weighted by molar-refractivity contribution is -0.126. The number of ether oxygens (including phenoxy) is 3. The van der Waals surface area contributed by atoms with E-state index in [9.17, 15) is 14.7 Å². The Morgan fingerprint density at radius 3 is 2.60 bits per heavy atom. The number of halogens is 1. The number of benzene rings is 3. The zero-order chi connectivity index (χ0) is 31.1. The van der Waals surface area contributed by atoms with E-state index in [1.165, 1.54) is 30.2 Å². The minimum atomic E-state index is -1.22. The number of aromatic hydroxyl groups is 1. The Labute approximate surface area is 251 Å². The highest BCUT2D eigenvalue weighted by Gasteiger charge is 2.40. The van der Waals surface area contributed by atoms with Gasteiger partial charge in [-0.15, -0.1) is 0 Å². The maximum absolute atomic E-state index is 16.1. The molecule has 4 rings (SSSR count). The average molecular weight is 589 g/mol. The molecule has 0 aliphatic carbocycles. The molecule has 1 amide bonds. The summed E-state index contributed by atoms with van der Waals surface area (Å²) in [6.45, 7) is 10.2. The van der Waals surface area contributed by atoms with Crippen molar-refractivity contribution in [1.82, 2.24) is 0 Å². The number of nitrogens with one attached hydrogen (secondary N) is 1. The van der Waals surface area contributed by atoms with Gasteiger partial charge in [0.25, 0.3) is 6.47 Å². The van der Waals surface area contributed by atoms with Crippen molar-refractivity contribution in [2.24, 2.45) is 5.41 Å². The maximum Gasteiger partial charge on any atom is 0.298 e. The van der Waals surface area contributed by atoms with Crippen molar-refractivity contribution in [3.05, 3.63) is 102 Å². The van der Waals surface area contributed by atoms with Crippen molar-refractivity contribution in [1.29, 1.82) is 0 Å². The molecule has 1 aliphatic rings. The van der Waals surface area contributed by atoms with Crippen molar-refractivity contribution >= 4 is 23.8 Å². The molecule has 0 saturated heterocycles. The van der Waals surface area contributed by atoms with Gasteiger partial charge in [-0.2, -0.15) is 0 Å². The van der Waals surface area contributed by atoms with Gasteiger partial charge in [0.2, 0.25) is 5.91 Å². The number of amides is 1. The van der Waals surface area contributed by atoms with E-state index in [0.717, 1.165) is 6.42 Å². The smallest absolute Gasteiger partial charge is 0.298 e. The number of allylic oxidation sites excluding steroid dienone is 1. The van der Waals surface area contributed by atoms with Crippen LogP contribution in [0.25, 0.3) is 0 Å². The Morgan fingerprint density at radius 1 is 1.16 bits per heavy atom. The molecule has 226 valence electrons. The summed E-state index contributed by atoms with van der Waals surface area (Å²) in [5.41, 5.74) is 1.35. The van der Waals surface area contributed by atoms with Crippen LogP contribution in [0.5, 0.6) is 17.2 Å². The quantitative estimate of drug-likeness (QED) is 0.133. The molecular formula is C34H37FN2O6. The highest BCUT2D eigenvalue weighted by Crippen LogP contribution is 2.48. The number of methoxy groups -OCH3 is 1. The number of hydrogen-bond donors (Lipinski definition) is 2. The molecule has 1 unspecified atom stereocenters. The SMILES string of the molecule is C=CCOc1ccc(C2C(OC=O)=C(CC(C)(C)CC)Nc3c(O)cccc3N2C(=O)Cc2ccccc2OC)c(F)c1. The molecule has 43 heavy (non-hydrogen) atoms. The lowest BCUT2D eigenvalue weighted by Crippen LogP contribution is -2.38. The number of fused-ring (bicyclic) bond motifs is 1. The first-order valence-electron chi connectivity index (χ1n) is 14.0. The average Bonchev–Trinajstić information content (AvgIpc) is 3.11. The lowest BCUT2D eigenvalue weighted by Gasteiger charge is -2.33. The first-order valence-corrected chi connectivity index (χ1v) is 14.0. The molecule has 2 N–H and O–H groups in total. The number of carbonyl (C=O) groups excluding carboxylic acids is 2. The van der Waals surface area contributed by atoms with Crippen molar-refractivity contribution in [2.75, 3.05) is 23.9 Å². The Bertz CT molecular complexity index is 1530. The molecule has 1 heterocycles. The van der Waals surface area contributed by atoms with Crippen LogP contribution in [-0.2, 0) is 20.7 Å². The molecule has 0 bridgehead atoms. The van der Waals surface area contributed by atoms with Crippen LogP contribution in [0.1, 0.15) is 50.8 Å². The van der Waals surface area contributed by atoms with Gasteiger partial charge < -0.3 is 24.6 Å². The van der Waals surface area contributed by atoms with Gasteiger partial charge in [0.15, 0.2) is 5.76 Å². The molecule has 0 aromatic heterocycles. The Hall–Kier alpha value is -4.79. The van der Waals surface area contributed by atoms with Crippen LogP contribution >= 0.6 is 0 Å². The Kier molecular flexibility index (Phi) is 9.75. The molecule has 0 fully saturated rings. The van der Waals surface area contributed by atoms with E-state index in [1.807, 2.05) is 20.8 Å². The van der Waals surface area contributed by atoms with E-state index in [4.69, 9.17) is 14.2 Å². The second-order valence-electron chi connectivity index (χ2n) is 11.0. The van der Waals surface area contributed by atoms with Crippen LogP contribution in [0.15, 0.2) is 84.8 Å². The molecule has 8 nitrogen and oxygen atoms in total. The summed E-state index contributed by atoms with van der Waals surface area (Å²) in [4.78, 5) is 27.8. The van der Waals surface area contributed by atoms with Crippen LogP contribution in [0.2, 0.25) is 0 Å². The summed E-state index contributed by atoms with van der Waals surface area (Å²) < 4.78 is 32.7. The second-order valence-corrected chi connectivity index (χ2v) is 11.0. The monoisotopic (exact) mass is 588 g/mol. The van der Waals surface area contributed by atoms with E-state index in [0.29, 0.717) is 23.4 Å². The maximum atomic E-state index is 16.1. The number of nitrogens with zero attached hydrogens (tertiary/aromatic N) is 1. The van der Waals surface area contributed by atoms with Crippen molar-refractivity contribution < 1.29 is 33.3 Å². The minimum Gasteiger partial charge on any atom is -0.506 e. The van der Waals surface area contributed by atoms with Gasteiger partial charge >= 0.3 is 0 Å². The molecule has 1 atom stereocenters. The second kappa shape index (κ2) is 13.5. The number of rotatable bonds is 12. The molecule has 1 aliphatic heterocycles. The zero-order valence-corrected chi connectivity index (χ0v) is 24.9. The number of carbonyl (C=O) groups is 2. The first-order chi connectivity index (χ1) is 20.6. The van der Waals surface area contributed by atoms with Gasteiger partial charge in [-0.05, 0) is 42.2 Å². The lowest BCUT2D eigenvalue weighted by atomic mass is 9.84. The van der Waals surface area contributed by atoms with Gasteiger partial charge in [-0.1, -0.05) is 64.1 Å². The summed E-state index contributed by atoms with van der Waals surface area (Å²) in [6, 6.07) is 14.9. The highest BCUT2D eigenvalue weighted by molar-refractivity contribution is 6.01. The van der Waals surface area contributed by atoms with E-state index >= 15 is 4.39 Å². The third-order valence-electron chi connectivity index (χ3n) is 7.58. The summed E-state index contributed by atoms with van der Waals surface area (Å²) in [5, 5.41) is 14.3. The topological polar surface area (TPSA) is 97.3 Å². The van der Waals surface area contributed by atoms with Gasteiger partial charge in [0, 0.05) is 17.2 Å². The molecule has 0 radical (unpaired) electrons. The van der Waals surface area contributed by atoms with E-state index in [2.05, 4.69) is 11.9 Å². The fourth-order valence-electron chi connectivity index (χ4n) is 5.04. The number of hydrogen-bond acceptors (Lipinski definition) is 7. The van der Waals surface area contributed by atoms with Crippen LogP contribution in [-0.4, -0.2) is 31.2 Å². The highest BCUT2D eigenvalue weighted by atomic mass is 19.1. The number of phenols is 1. The van der Waals surface area contributed by atoms with Gasteiger partial charge in [0.1, 0.15) is 41.4 Å². The molecule has 0 spiro atoms. The van der Waals surface area contributed by atoms with E-state index in [-0.39, 0.29) is 59.1 Å². The molecule has 9 heteroatoms. The summed E-state index contributed by atoms with van der Waals surface area (Å²) in [5.74, 6) is -0.425. The third-order valence-corrected chi connectivity index (χ3v) is 7.58. The minimum absolute atomic E-state index is 0.0409. The number of para-hydroxylation sites is 2. The molecule has 3 aromatic rings. The van der Waals surface area contributed by atoms with Gasteiger partial charge in [-0.25, -0.2) is 4.39 Å². The van der Waals surface area contributed by atoms with E-state index < -0.39 is 17.8 Å². The van der Waals surface area contributed by atoms with Crippen molar-refractivity contribution in [2.45, 2.75) is 46.1 Å². The summed E-state index contributed by atoms with van der Waals surface area (Å²) >= 11 is 0. The van der Waals surface area contributed by atoms with Crippen LogP contribution in [0.4, 0.5) is 15.8 Å². The van der Waals surface area contributed by atoms with Gasteiger partial charge in [-0.3, -0.25) is 14.5 Å². The molecular weight excluding hydrogens is 551 g/mol. The van der Waals surface area contributed by atoms with Crippen molar-refractivity contribution in [3.8, 4) is 17.2 Å². The number of anilines is 2. The largest absolute Gasteiger partial charge is 0.506 e. The predicted molar refractivity (Wildman–Crippen MR) is 164 cm³/mol. The fraction of sp³-hybridized carbons (Fsp3) is 0.294. The Balaban J connectivity index is 2.01. The number of phenolic OH excluding ortho intramolecular Hbond substituents is 1. The van der Waals surface area contributed by atoms with Crippen molar-refractivity contribution in [3.63, 3.8) is 0 Å². The van der Waals surface area contributed by atoms with Crippen LogP contribution < -0.4 is 19.7 Å². The van der Waals surface area contributed by atoms with Gasteiger partial charge in [0.05, 0.1) is 24.9 Å². The first kappa shape index (κ1) is 31.2. The van der Waals surface area contributed by atoms with E-state index in [1.54, 1.807) is 48.5 Å². The standard InChI is InChI=1S/C34H37FN2O6/c1-6-17-42-23-15-16-24(25(35)19-23)32-33(43-21-38)26(20-34(3,4)7-2)36-31-27(12-10-13-28(31)39)37(32)30(40)18-22-11-8-9-14-29(22)41-5/h6,8-16,19,21,32,36,39H,1,7,17-18,20H2,2-5H3. The summed E-state index contributed by atoms with van der Waals surface area (Å²) in [7, 11) is 1.52. The predicted octanol–water partition coefficient (Wildman–Crippen LogP) is 7.06. The Morgan fingerprint density at radius 2 is 1.93 bits per heavy atom. The zero-order valence-electron chi connectivity index (χ0n) is 24.9. The summed E-state index contributed by atoms with van der Waals surface area (Å²) in [6.07, 6.45) is 2.56. The van der Waals surface area contributed by atoms with Crippen LogP contribution in [0.3, 0.4) is 0 Å². The molecule has 3 aromatic carbocycles.